The summed E-state index contributed by atoms with van der Waals surface area (Å²) in [5, 5.41) is 5.38. The first kappa shape index (κ1) is 18.3. The van der Waals surface area contributed by atoms with Crippen molar-refractivity contribution < 1.29 is 4.79 Å². The normalized spacial score (nSPS) is 15.2. The van der Waals surface area contributed by atoms with E-state index in [9.17, 15) is 4.79 Å². The molecule has 0 bridgehead atoms. The van der Waals surface area contributed by atoms with Crippen LogP contribution in [0.3, 0.4) is 0 Å². The minimum atomic E-state index is 0.271. The van der Waals surface area contributed by atoms with Gasteiger partial charge < -0.3 is 4.90 Å². The molecule has 3 heterocycles. The number of thiophene rings is 1. The fraction of sp³-hybridized carbons (Fsp3) is 0.333. The molecule has 2 aromatic heterocycles. The molecule has 1 fully saturated rings. The van der Waals surface area contributed by atoms with Gasteiger partial charge in [-0.15, -0.1) is 22.7 Å². The summed E-state index contributed by atoms with van der Waals surface area (Å²) >= 11 is 3.46. The summed E-state index contributed by atoms with van der Waals surface area (Å²) in [5.74, 6) is 0.271. The molecule has 1 aliphatic heterocycles. The number of carbonyl (C=O) groups is 1. The van der Waals surface area contributed by atoms with Crippen molar-refractivity contribution in [3.63, 3.8) is 0 Å². The van der Waals surface area contributed by atoms with Gasteiger partial charge >= 0.3 is 0 Å². The van der Waals surface area contributed by atoms with Crippen molar-refractivity contribution in [2.45, 2.75) is 19.4 Å². The Morgan fingerprint density at radius 2 is 1.81 bits per heavy atom. The minimum Gasteiger partial charge on any atom is -0.340 e. The van der Waals surface area contributed by atoms with Crippen LogP contribution < -0.4 is 0 Å². The van der Waals surface area contributed by atoms with Gasteiger partial charge in [-0.1, -0.05) is 36.4 Å². The molecule has 1 aliphatic rings. The second kappa shape index (κ2) is 8.78. The lowest BCUT2D eigenvalue weighted by Crippen LogP contribution is -2.48. The van der Waals surface area contributed by atoms with Gasteiger partial charge in [0.15, 0.2) is 0 Å². The Labute approximate surface area is 168 Å². The molecule has 3 aromatic rings. The summed E-state index contributed by atoms with van der Waals surface area (Å²) in [5.41, 5.74) is 2.31. The zero-order chi connectivity index (χ0) is 18.5. The Hall–Kier alpha value is -2.02. The van der Waals surface area contributed by atoms with Crippen LogP contribution in [0.25, 0.3) is 10.6 Å². The highest BCUT2D eigenvalue weighted by Crippen LogP contribution is 2.26. The number of hydrogen-bond acceptors (Lipinski definition) is 5. The predicted molar refractivity (Wildman–Crippen MR) is 112 cm³/mol. The van der Waals surface area contributed by atoms with Gasteiger partial charge in [-0.3, -0.25) is 9.69 Å². The summed E-state index contributed by atoms with van der Waals surface area (Å²) < 4.78 is 0. The number of rotatable bonds is 6. The van der Waals surface area contributed by atoms with Gasteiger partial charge in [0, 0.05) is 38.0 Å². The van der Waals surface area contributed by atoms with Crippen LogP contribution in [-0.4, -0.2) is 46.9 Å². The third-order valence-electron chi connectivity index (χ3n) is 4.88. The molecule has 0 atom stereocenters. The number of amides is 1. The zero-order valence-electron chi connectivity index (χ0n) is 15.2. The maximum absolute atomic E-state index is 12.5. The van der Waals surface area contributed by atoms with Crippen LogP contribution in [0.5, 0.6) is 0 Å². The lowest BCUT2D eigenvalue weighted by atomic mass is 10.1. The Morgan fingerprint density at radius 1 is 1.00 bits per heavy atom. The van der Waals surface area contributed by atoms with Crippen LogP contribution in [0.1, 0.15) is 17.0 Å². The standard InChI is InChI=1S/C21H23N3OS2/c25-21(9-8-17-5-2-1-3-6-17)24-12-10-23(11-13-24)15-20-22-18(16-27-20)19-7-4-14-26-19/h1-7,14,16H,8-13,15H2. The second-order valence-electron chi connectivity index (χ2n) is 6.75. The quantitative estimate of drug-likeness (QED) is 0.627. The van der Waals surface area contributed by atoms with E-state index in [4.69, 9.17) is 4.98 Å². The fourth-order valence-corrected chi connectivity index (χ4v) is 4.92. The number of aryl methyl sites for hydroxylation is 1. The Balaban J connectivity index is 1.23. The van der Waals surface area contributed by atoms with E-state index < -0.39 is 0 Å². The van der Waals surface area contributed by atoms with Crippen molar-refractivity contribution in [3.05, 3.63) is 63.8 Å². The molecule has 6 heteroatoms. The first-order valence-corrected chi connectivity index (χ1v) is 11.1. The number of carbonyl (C=O) groups excluding carboxylic acids is 1. The lowest BCUT2D eigenvalue weighted by molar-refractivity contribution is -0.133. The van der Waals surface area contributed by atoms with Gasteiger partial charge in [0.05, 0.1) is 17.1 Å². The molecular weight excluding hydrogens is 374 g/mol. The topological polar surface area (TPSA) is 36.4 Å². The average molecular weight is 398 g/mol. The maximum atomic E-state index is 12.5. The highest BCUT2D eigenvalue weighted by atomic mass is 32.1. The molecule has 0 aliphatic carbocycles. The first-order valence-electron chi connectivity index (χ1n) is 9.30. The minimum absolute atomic E-state index is 0.271. The Kier molecular flexibility index (Phi) is 5.97. The summed E-state index contributed by atoms with van der Waals surface area (Å²) in [6.07, 6.45) is 1.42. The fourth-order valence-electron chi connectivity index (χ4n) is 3.32. The van der Waals surface area contributed by atoms with Crippen LogP contribution in [-0.2, 0) is 17.8 Å². The van der Waals surface area contributed by atoms with Crippen LogP contribution in [0.15, 0.2) is 53.2 Å². The summed E-state index contributed by atoms with van der Waals surface area (Å²) in [6.45, 7) is 4.35. The Bertz CT molecular complexity index is 853. The first-order chi connectivity index (χ1) is 13.3. The van der Waals surface area contributed by atoms with Crippen LogP contribution in [0.2, 0.25) is 0 Å². The van der Waals surface area contributed by atoms with E-state index >= 15 is 0 Å². The number of aromatic nitrogens is 1. The van der Waals surface area contributed by atoms with Gasteiger partial charge in [0.2, 0.25) is 5.91 Å². The predicted octanol–water partition coefficient (Wildman–Crippen LogP) is 4.15. The lowest BCUT2D eigenvalue weighted by Gasteiger charge is -2.34. The van der Waals surface area contributed by atoms with Gasteiger partial charge in [-0.25, -0.2) is 4.98 Å². The molecule has 27 heavy (non-hydrogen) atoms. The zero-order valence-corrected chi connectivity index (χ0v) is 16.8. The van der Waals surface area contributed by atoms with Crippen molar-refractivity contribution in [2.75, 3.05) is 26.2 Å². The van der Waals surface area contributed by atoms with E-state index in [1.807, 2.05) is 23.1 Å². The number of benzene rings is 1. The number of piperazine rings is 1. The van der Waals surface area contributed by atoms with E-state index in [-0.39, 0.29) is 5.91 Å². The van der Waals surface area contributed by atoms with E-state index in [0.29, 0.717) is 6.42 Å². The van der Waals surface area contributed by atoms with Gasteiger partial charge in [-0.05, 0) is 23.4 Å². The molecule has 0 N–H and O–H groups in total. The largest absolute Gasteiger partial charge is 0.340 e. The molecule has 0 spiro atoms. The van der Waals surface area contributed by atoms with E-state index in [0.717, 1.165) is 49.8 Å². The second-order valence-corrected chi connectivity index (χ2v) is 8.64. The van der Waals surface area contributed by atoms with Gasteiger partial charge in [-0.2, -0.15) is 0 Å². The van der Waals surface area contributed by atoms with E-state index in [2.05, 4.69) is 39.9 Å². The highest BCUT2D eigenvalue weighted by Gasteiger charge is 2.21. The third-order valence-corrected chi connectivity index (χ3v) is 6.61. The van der Waals surface area contributed by atoms with Gasteiger partial charge in [0.25, 0.3) is 0 Å². The summed E-state index contributed by atoms with van der Waals surface area (Å²) in [6, 6.07) is 14.4. The molecule has 4 rings (SSSR count). The summed E-state index contributed by atoms with van der Waals surface area (Å²) in [7, 11) is 0. The van der Waals surface area contributed by atoms with Crippen molar-refractivity contribution in [2.24, 2.45) is 0 Å². The average Bonchev–Trinajstić information content (AvgIpc) is 3.39. The Morgan fingerprint density at radius 3 is 2.56 bits per heavy atom. The van der Waals surface area contributed by atoms with E-state index in [1.165, 1.54) is 10.4 Å². The molecule has 0 saturated carbocycles. The highest BCUT2D eigenvalue weighted by molar-refractivity contribution is 7.14. The summed E-state index contributed by atoms with van der Waals surface area (Å²) in [4.78, 5) is 22.9. The van der Waals surface area contributed by atoms with Gasteiger partial charge in [0.1, 0.15) is 5.01 Å². The molecule has 4 nitrogen and oxygen atoms in total. The van der Waals surface area contributed by atoms with Crippen LogP contribution in [0.4, 0.5) is 0 Å². The van der Waals surface area contributed by atoms with Crippen molar-refractivity contribution in [3.8, 4) is 10.6 Å². The van der Waals surface area contributed by atoms with Crippen LogP contribution in [0, 0.1) is 0 Å². The third kappa shape index (κ3) is 4.83. The number of thiazole rings is 1. The smallest absolute Gasteiger partial charge is 0.222 e. The monoisotopic (exact) mass is 397 g/mol. The van der Waals surface area contributed by atoms with Crippen molar-refractivity contribution in [1.82, 2.24) is 14.8 Å². The molecule has 0 unspecified atom stereocenters. The molecule has 1 aromatic carbocycles. The molecule has 1 saturated heterocycles. The van der Waals surface area contributed by atoms with Crippen molar-refractivity contribution in [1.29, 1.82) is 0 Å². The number of hydrogen-bond donors (Lipinski definition) is 0. The SMILES string of the molecule is O=C(CCc1ccccc1)N1CCN(Cc2nc(-c3cccs3)cs2)CC1. The molecule has 140 valence electrons. The van der Waals surface area contributed by atoms with Crippen molar-refractivity contribution >= 4 is 28.6 Å². The molecule has 0 radical (unpaired) electrons. The maximum Gasteiger partial charge on any atom is 0.222 e. The number of nitrogens with zero attached hydrogens (tertiary/aromatic N) is 3. The van der Waals surface area contributed by atoms with Crippen LogP contribution >= 0.6 is 22.7 Å². The van der Waals surface area contributed by atoms with E-state index in [1.54, 1.807) is 22.7 Å². The molecular formula is C21H23N3OS2. The molecule has 1 amide bonds.